The molecule has 22 heavy (non-hydrogen) atoms. The van der Waals surface area contributed by atoms with Crippen molar-refractivity contribution in [3.63, 3.8) is 0 Å². The fourth-order valence-corrected chi connectivity index (χ4v) is 2.90. The van der Waals surface area contributed by atoms with Crippen molar-refractivity contribution in [1.29, 1.82) is 0 Å². The van der Waals surface area contributed by atoms with Gasteiger partial charge in [0.2, 0.25) is 5.91 Å². The highest BCUT2D eigenvalue weighted by Crippen LogP contribution is 2.18. The van der Waals surface area contributed by atoms with Gasteiger partial charge in [0.05, 0.1) is 0 Å². The lowest BCUT2D eigenvalue weighted by Crippen LogP contribution is -2.41. The Morgan fingerprint density at radius 3 is 2.64 bits per heavy atom. The van der Waals surface area contributed by atoms with Gasteiger partial charge in [0.1, 0.15) is 6.10 Å². The minimum Gasteiger partial charge on any atom is -0.369 e. The zero-order valence-corrected chi connectivity index (χ0v) is 13.8. The Kier molecular flexibility index (Phi) is 6.87. The first kappa shape index (κ1) is 17.0. The molecule has 0 spiro atoms. The number of likely N-dealkylation sites (tertiary alicyclic amines) is 1. The highest BCUT2D eigenvalue weighted by molar-refractivity contribution is 5.80. The summed E-state index contributed by atoms with van der Waals surface area (Å²) in [6.45, 7) is 8.31. The summed E-state index contributed by atoms with van der Waals surface area (Å²) >= 11 is 0. The number of hydrogen-bond donors (Lipinski definition) is 1. The Balaban J connectivity index is 1.66. The summed E-state index contributed by atoms with van der Waals surface area (Å²) in [6, 6.07) is 10.6. The lowest BCUT2D eigenvalue weighted by molar-refractivity contribution is -0.131. The highest BCUT2D eigenvalue weighted by atomic mass is 16.5. The van der Waals surface area contributed by atoms with Crippen molar-refractivity contribution < 1.29 is 9.53 Å². The SMILES string of the molecule is CCOC(C)C(=O)NCC1CCN(Cc2ccccc2)CC1. The zero-order chi connectivity index (χ0) is 15.8. The third kappa shape index (κ3) is 5.43. The Bertz CT molecular complexity index is 442. The van der Waals surface area contributed by atoms with Crippen LogP contribution in [-0.4, -0.2) is 43.2 Å². The molecule has 0 radical (unpaired) electrons. The largest absolute Gasteiger partial charge is 0.369 e. The smallest absolute Gasteiger partial charge is 0.248 e. The molecule has 1 atom stereocenters. The van der Waals surface area contributed by atoms with E-state index >= 15 is 0 Å². The van der Waals surface area contributed by atoms with Gasteiger partial charge < -0.3 is 10.1 Å². The van der Waals surface area contributed by atoms with E-state index in [9.17, 15) is 4.79 Å². The van der Waals surface area contributed by atoms with Gasteiger partial charge in [0.15, 0.2) is 0 Å². The number of nitrogens with one attached hydrogen (secondary N) is 1. The third-order valence-corrected chi connectivity index (χ3v) is 4.31. The van der Waals surface area contributed by atoms with Crippen molar-refractivity contribution in [3.05, 3.63) is 35.9 Å². The van der Waals surface area contributed by atoms with Gasteiger partial charge in [-0.15, -0.1) is 0 Å². The van der Waals surface area contributed by atoms with Crippen LogP contribution in [0.1, 0.15) is 32.3 Å². The van der Waals surface area contributed by atoms with Gasteiger partial charge in [-0.1, -0.05) is 30.3 Å². The van der Waals surface area contributed by atoms with Gasteiger partial charge in [-0.3, -0.25) is 9.69 Å². The second kappa shape index (κ2) is 8.91. The van der Waals surface area contributed by atoms with Crippen molar-refractivity contribution in [1.82, 2.24) is 10.2 Å². The van der Waals surface area contributed by atoms with Crippen LogP contribution < -0.4 is 5.32 Å². The van der Waals surface area contributed by atoms with Crippen LogP contribution in [0.25, 0.3) is 0 Å². The Labute approximate surface area is 133 Å². The van der Waals surface area contributed by atoms with Crippen molar-refractivity contribution in [2.45, 2.75) is 39.3 Å². The number of carbonyl (C=O) groups is 1. The zero-order valence-electron chi connectivity index (χ0n) is 13.8. The van der Waals surface area contributed by atoms with E-state index in [0.29, 0.717) is 12.5 Å². The van der Waals surface area contributed by atoms with Crippen LogP contribution in [0.3, 0.4) is 0 Å². The molecule has 0 saturated carbocycles. The van der Waals surface area contributed by atoms with E-state index in [1.807, 2.05) is 6.92 Å². The van der Waals surface area contributed by atoms with Crippen LogP contribution in [0, 0.1) is 5.92 Å². The third-order valence-electron chi connectivity index (χ3n) is 4.31. The molecule has 0 aromatic heterocycles. The molecule has 2 rings (SSSR count). The molecule has 1 amide bonds. The molecule has 1 aliphatic rings. The van der Waals surface area contributed by atoms with Gasteiger partial charge in [-0.05, 0) is 51.3 Å². The van der Waals surface area contributed by atoms with E-state index < -0.39 is 0 Å². The fourth-order valence-electron chi connectivity index (χ4n) is 2.90. The van der Waals surface area contributed by atoms with Crippen molar-refractivity contribution in [2.24, 2.45) is 5.92 Å². The average molecular weight is 304 g/mol. The molecular formula is C18H28N2O2. The lowest BCUT2D eigenvalue weighted by Gasteiger charge is -2.32. The minimum absolute atomic E-state index is 0.00793. The Morgan fingerprint density at radius 2 is 2.00 bits per heavy atom. The van der Waals surface area contributed by atoms with E-state index in [-0.39, 0.29) is 12.0 Å². The number of hydrogen-bond acceptors (Lipinski definition) is 3. The van der Waals surface area contributed by atoms with E-state index in [1.54, 1.807) is 6.92 Å². The molecule has 1 aliphatic heterocycles. The predicted molar refractivity (Wildman–Crippen MR) is 88.5 cm³/mol. The number of amides is 1. The maximum Gasteiger partial charge on any atom is 0.248 e. The lowest BCUT2D eigenvalue weighted by atomic mass is 9.96. The number of ether oxygens (including phenoxy) is 1. The summed E-state index contributed by atoms with van der Waals surface area (Å²) in [7, 11) is 0. The molecule has 1 fully saturated rings. The monoisotopic (exact) mass is 304 g/mol. The van der Waals surface area contributed by atoms with Crippen molar-refractivity contribution in [2.75, 3.05) is 26.2 Å². The Morgan fingerprint density at radius 1 is 1.32 bits per heavy atom. The number of rotatable bonds is 7. The average Bonchev–Trinajstić information content (AvgIpc) is 2.55. The van der Waals surface area contributed by atoms with Crippen LogP contribution in [0.5, 0.6) is 0 Å². The second-order valence-corrected chi connectivity index (χ2v) is 6.05. The van der Waals surface area contributed by atoms with Gasteiger partial charge >= 0.3 is 0 Å². The molecule has 122 valence electrons. The van der Waals surface area contributed by atoms with E-state index in [2.05, 4.69) is 40.5 Å². The molecule has 1 aromatic rings. The Hall–Kier alpha value is -1.39. The first-order chi connectivity index (χ1) is 10.7. The maximum absolute atomic E-state index is 11.8. The quantitative estimate of drug-likeness (QED) is 0.841. The first-order valence-electron chi connectivity index (χ1n) is 8.34. The molecule has 1 N–H and O–H groups in total. The van der Waals surface area contributed by atoms with Crippen LogP contribution >= 0.6 is 0 Å². The molecule has 0 bridgehead atoms. The van der Waals surface area contributed by atoms with E-state index in [4.69, 9.17) is 4.74 Å². The normalized spacial score (nSPS) is 18.1. The maximum atomic E-state index is 11.8. The molecule has 1 saturated heterocycles. The van der Waals surface area contributed by atoms with Crippen LogP contribution in [0.4, 0.5) is 0 Å². The van der Waals surface area contributed by atoms with E-state index in [0.717, 1.165) is 39.0 Å². The molecule has 4 heteroatoms. The van der Waals surface area contributed by atoms with Gasteiger partial charge in [0, 0.05) is 19.7 Å². The van der Waals surface area contributed by atoms with Gasteiger partial charge in [-0.2, -0.15) is 0 Å². The van der Waals surface area contributed by atoms with Crippen LogP contribution in [0.15, 0.2) is 30.3 Å². The number of piperidine rings is 1. The second-order valence-electron chi connectivity index (χ2n) is 6.05. The summed E-state index contributed by atoms with van der Waals surface area (Å²) in [5.74, 6) is 0.596. The molecular weight excluding hydrogens is 276 g/mol. The number of benzene rings is 1. The first-order valence-corrected chi connectivity index (χ1v) is 8.34. The summed E-state index contributed by atoms with van der Waals surface area (Å²) < 4.78 is 5.31. The van der Waals surface area contributed by atoms with Crippen LogP contribution in [0.2, 0.25) is 0 Å². The van der Waals surface area contributed by atoms with Crippen molar-refractivity contribution in [3.8, 4) is 0 Å². The minimum atomic E-state index is -0.344. The summed E-state index contributed by atoms with van der Waals surface area (Å²) in [5.41, 5.74) is 1.37. The molecule has 1 unspecified atom stereocenters. The van der Waals surface area contributed by atoms with E-state index in [1.165, 1.54) is 5.56 Å². The summed E-state index contributed by atoms with van der Waals surface area (Å²) in [4.78, 5) is 14.3. The fraction of sp³-hybridized carbons (Fsp3) is 0.611. The standard InChI is InChI=1S/C18H28N2O2/c1-3-22-15(2)18(21)19-13-16-9-11-20(12-10-16)14-17-7-5-4-6-8-17/h4-8,15-16H,3,9-14H2,1-2H3,(H,19,21). The predicted octanol–water partition coefficient (Wildman–Crippen LogP) is 2.44. The number of carbonyl (C=O) groups excluding carboxylic acids is 1. The molecule has 4 nitrogen and oxygen atoms in total. The number of nitrogens with zero attached hydrogens (tertiary/aromatic N) is 1. The van der Waals surface area contributed by atoms with Crippen LogP contribution in [-0.2, 0) is 16.1 Å². The highest BCUT2D eigenvalue weighted by Gasteiger charge is 2.20. The molecule has 1 aromatic carbocycles. The molecule has 0 aliphatic carbocycles. The molecule has 1 heterocycles. The van der Waals surface area contributed by atoms with Gasteiger partial charge in [-0.25, -0.2) is 0 Å². The topological polar surface area (TPSA) is 41.6 Å². The van der Waals surface area contributed by atoms with Crippen molar-refractivity contribution >= 4 is 5.91 Å². The van der Waals surface area contributed by atoms with Gasteiger partial charge in [0.25, 0.3) is 0 Å². The summed E-state index contributed by atoms with van der Waals surface area (Å²) in [5, 5.41) is 3.02. The summed E-state index contributed by atoms with van der Waals surface area (Å²) in [6.07, 6.45) is 1.95.